The van der Waals surface area contributed by atoms with Crippen molar-refractivity contribution in [3.05, 3.63) is 0 Å². The van der Waals surface area contributed by atoms with Crippen molar-refractivity contribution in [2.45, 2.75) is 90.6 Å². The minimum atomic E-state index is -0.902. The molecule has 0 unspecified atom stereocenters. The van der Waals surface area contributed by atoms with Crippen LogP contribution in [0.15, 0.2) is 0 Å². The maximum atomic E-state index is 12.8. The van der Waals surface area contributed by atoms with Crippen LogP contribution in [0.3, 0.4) is 0 Å². The summed E-state index contributed by atoms with van der Waals surface area (Å²) in [4.78, 5) is 39.2. The van der Waals surface area contributed by atoms with Crippen LogP contribution in [-0.4, -0.2) is 58.6 Å². The van der Waals surface area contributed by atoms with Crippen LogP contribution in [0.25, 0.3) is 0 Å². The molecule has 2 amide bonds. The fourth-order valence-electron chi connectivity index (χ4n) is 4.36. The molecule has 2 aliphatic rings. The Labute approximate surface area is 166 Å². The number of hydrogen-bond donors (Lipinski definition) is 1. The number of imide groups is 1. The van der Waals surface area contributed by atoms with Crippen LogP contribution < -0.4 is 0 Å². The number of aliphatic hydroxyl groups is 1. The summed E-state index contributed by atoms with van der Waals surface area (Å²) >= 11 is 0. The van der Waals surface area contributed by atoms with E-state index < -0.39 is 46.9 Å². The van der Waals surface area contributed by atoms with E-state index in [1.807, 2.05) is 0 Å². The third-order valence-electron chi connectivity index (χ3n) is 5.23. The largest absolute Gasteiger partial charge is 0.469 e. The van der Waals surface area contributed by atoms with Crippen LogP contribution in [0.2, 0.25) is 0 Å². The number of nitrogens with zero attached hydrogens (tertiary/aromatic N) is 1. The van der Waals surface area contributed by atoms with Crippen molar-refractivity contribution in [3.8, 4) is 0 Å². The first kappa shape index (κ1) is 22.5. The first-order valence-corrected chi connectivity index (χ1v) is 9.70. The molecule has 0 heterocycles. The van der Waals surface area contributed by atoms with Crippen molar-refractivity contribution in [2.75, 3.05) is 7.11 Å². The van der Waals surface area contributed by atoms with Crippen LogP contribution in [0.4, 0.5) is 9.59 Å². The highest BCUT2D eigenvalue weighted by Crippen LogP contribution is 2.56. The number of aliphatic hydroxyl groups excluding tert-OH is 1. The van der Waals surface area contributed by atoms with Gasteiger partial charge in [-0.1, -0.05) is 0 Å². The molecule has 0 aromatic carbocycles. The molecule has 160 valence electrons. The number of rotatable bonds is 2. The van der Waals surface area contributed by atoms with Gasteiger partial charge in [0, 0.05) is 6.04 Å². The molecule has 1 N–H and O–H groups in total. The lowest BCUT2D eigenvalue weighted by Gasteiger charge is -2.33. The van der Waals surface area contributed by atoms with Gasteiger partial charge in [0.05, 0.1) is 18.6 Å². The second-order valence-electron chi connectivity index (χ2n) is 9.86. The summed E-state index contributed by atoms with van der Waals surface area (Å²) in [6, 6.07) is -0.568. The van der Waals surface area contributed by atoms with Gasteiger partial charge in [0.1, 0.15) is 11.2 Å². The lowest BCUT2D eigenvalue weighted by Crippen LogP contribution is -2.49. The molecule has 0 radical (unpaired) electrons. The van der Waals surface area contributed by atoms with Gasteiger partial charge in [-0.3, -0.25) is 4.79 Å². The van der Waals surface area contributed by atoms with Crippen LogP contribution in [0.5, 0.6) is 0 Å². The lowest BCUT2D eigenvalue weighted by molar-refractivity contribution is -0.154. The molecule has 4 atom stereocenters. The van der Waals surface area contributed by atoms with Gasteiger partial charge in [-0.15, -0.1) is 0 Å². The van der Waals surface area contributed by atoms with Gasteiger partial charge in [-0.25, -0.2) is 14.5 Å². The number of esters is 1. The van der Waals surface area contributed by atoms with Gasteiger partial charge in [-0.2, -0.15) is 0 Å². The van der Waals surface area contributed by atoms with Gasteiger partial charge in [0.25, 0.3) is 0 Å². The summed E-state index contributed by atoms with van der Waals surface area (Å²) in [6.07, 6.45) is -0.884. The van der Waals surface area contributed by atoms with Crippen molar-refractivity contribution in [1.82, 2.24) is 4.90 Å². The smallest absolute Gasteiger partial charge is 0.420 e. The number of hydrogen-bond acceptors (Lipinski definition) is 7. The number of carbonyl (C=O) groups excluding carboxylic acids is 3. The summed E-state index contributed by atoms with van der Waals surface area (Å²) < 4.78 is 15.9. The fourth-order valence-corrected chi connectivity index (χ4v) is 4.36. The van der Waals surface area contributed by atoms with Crippen molar-refractivity contribution in [1.29, 1.82) is 0 Å². The minimum Gasteiger partial charge on any atom is -0.469 e. The zero-order chi connectivity index (χ0) is 21.5. The average molecular weight is 399 g/mol. The Hall–Kier alpha value is -1.83. The van der Waals surface area contributed by atoms with E-state index in [2.05, 4.69) is 0 Å². The van der Waals surface area contributed by atoms with Crippen molar-refractivity contribution in [2.24, 2.45) is 11.3 Å². The monoisotopic (exact) mass is 399 g/mol. The third-order valence-corrected chi connectivity index (χ3v) is 5.23. The molecular weight excluding hydrogens is 366 g/mol. The molecule has 0 aliphatic heterocycles. The molecular formula is C20H33NO7. The summed E-state index contributed by atoms with van der Waals surface area (Å²) in [5.74, 6) is -0.586. The predicted octanol–water partition coefficient (Wildman–Crippen LogP) is 3.25. The Kier molecular flexibility index (Phi) is 6.05. The normalized spacial score (nSPS) is 29.8. The number of carbonyl (C=O) groups is 3. The Morgan fingerprint density at radius 2 is 1.43 bits per heavy atom. The second-order valence-corrected chi connectivity index (χ2v) is 9.86. The highest BCUT2D eigenvalue weighted by molar-refractivity contribution is 5.89. The summed E-state index contributed by atoms with van der Waals surface area (Å²) in [5.41, 5.74) is -2.48. The quantitative estimate of drug-likeness (QED) is 0.561. The Morgan fingerprint density at radius 1 is 0.929 bits per heavy atom. The summed E-state index contributed by atoms with van der Waals surface area (Å²) in [6.45, 7) is 10.3. The maximum absolute atomic E-state index is 12.8. The van der Waals surface area contributed by atoms with E-state index in [0.717, 1.165) is 4.90 Å². The minimum absolute atomic E-state index is 0.174. The lowest BCUT2D eigenvalue weighted by atomic mass is 9.80. The molecule has 0 aromatic heterocycles. The van der Waals surface area contributed by atoms with Gasteiger partial charge < -0.3 is 19.3 Å². The van der Waals surface area contributed by atoms with Crippen LogP contribution >= 0.6 is 0 Å². The van der Waals surface area contributed by atoms with Crippen LogP contribution in [0, 0.1) is 11.3 Å². The highest BCUT2D eigenvalue weighted by atomic mass is 16.6. The van der Waals surface area contributed by atoms with Gasteiger partial charge in [0.15, 0.2) is 0 Å². The van der Waals surface area contributed by atoms with E-state index >= 15 is 0 Å². The fraction of sp³-hybridized carbons (Fsp3) is 0.850. The Bertz CT molecular complexity index is 605. The molecule has 2 fully saturated rings. The van der Waals surface area contributed by atoms with E-state index in [0.29, 0.717) is 12.8 Å². The molecule has 0 aromatic rings. The molecule has 2 aliphatic carbocycles. The molecule has 2 rings (SSSR count). The first-order chi connectivity index (χ1) is 12.7. The molecule has 0 saturated heterocycles. The second kappa shape index (κ2) is 7.54. The van der Waals surface area contributed by atoms with E-state index in [1.54, 1.807) is 41.5 Å². The third kappa shape index (κ3) is 4.77. The standard InChI is InChI=1S/C20H33NO7/c1-18(2,3)27-16(24)21(17(25)28-19(4,5)6)13-8-12-9-14(22)11-20(12,10-13)15(23)26-7/h12-14,22H,8-11H2,1-7H3/t12-,13+,14+,20-/m0/s1. The highest BCUT2D eigenvalue weighted by Gasteiger charge is 2.60. The maximum Gasteiger partial charge on any atom is 0.420 e. The predicted molar refractivity (Wildman–Crippen MR) is 101 cm³/mol. The SMILES string of the molecule is COC(=O)[C@@]12C[C@H](O)C[C@@H]1C[C@@H](N(C(=O)OC(C)(C)C)C(=O)OC(C)(C)C)C2. The van der Waals surface area contributed by atoms with Gasteiger partial charge in [-0.05, 0) is 73.1 Å². The molecule has 28 heavy (non-hydrogen) atoms. The molecule has 0 bridgehead atoms. The van der Waals surface area contributed by atoms with E-state index in [1.165, 1.54) is 7.11 Å². The zero-order valence-electron chi connectivity index (χ0n) is 17.9. The number of amides is 2. The van der Waals surface area contributed by atoms with Gasteiger partial charge in [0.2, 0.25) is 0 Å². The topological polar surface area (TPSA) is 102 Å². The number of ether oxygens (including phenoxy) is 3. The van der Waals surface area contributed by atoms with Crippen LogP contribution in [-0.2, 0) is 19.0 Å². The van der Waals surface area contributed by atoms with E-state index in [4.69, 9.17) is 14.2 Å². The van der Waals surface area contributed by atoms with Gasteiger partial charge >= 0.3 is 18.2 Å². The molecule has 2 saturated carbocycles. The molecule has 8 heteroatoms. The molecule has 0 spiro atoms. The Balaban J connectivity index is 2.32. The summed E-state index contributed by atoms with van der Waals surface area (Å²) in [7, 11) is 1.31. The Morgan fingerprint density at radius 3 is 1.86 bits per heavy atom. The van der Waals surface area contributed by atoms with E-state index in [-0.39, 0.29) is 18.8 Å². The van der Waals surface area contributed by atoms with Crippen LogP contribution in [0.1, 0.15) is 67.2 Å². The number of fused-ring (bicyclic) bond motifs is 1. The first-order valence-electron chi connectivity index (χ1n) is 9.70. The zero-order valence-corrected chi connectivity index (χ0v) is 17.9. The molecule has 8 nitrogen and oxygen atoms in total. The van der Waals surface area contributed by atoms with Crippen molar-refractivity contribution in [3.63, 3.8) is 0 Å². The van der Waals surface area contributed by atoms with Crippen molar-refractivity contribution < 1.29 is 33.7 Å². The van der Waals surface area contributed by atoms with Crippen molar-refractivity contribution >= 4 is 18.2 Å². The van der Waals surface area contributed by atoms with E-state index in [9.17, 15) is 19.5 Å². The number of methoxy groups -OCH3 is 1. The average Bonchev–Trinajstić information content (AvgIpc) is 2.95. The summed E-state index contributed by atoms with van der Waals surface area (Å²) in [5, 5.41) is 10.1.